The molecule has 0 saturated carbocycles. The lowest BCUT2D eigenvalue weighted by molar-refractivity contribution is -0.137. The summed E-state index contributed by atoms with van der Waals surface area (Å²) in [6.45, 7) is 2.55. The zero-order chi connectivity index (χ0) is 15.0. The van der Waals surface area contributed by atoms with Crippen LogP contribution in [0.5, 0.6) is 0 Å². The molecule has 2 amide bonds. The minimum absolute atomic E-state index is 0.143. The van der Waals surface area contributed by atoms with Crippen LogP contribution in [-0.4, -0.2) is 35.2 Å². The molecule has 0 saturated heterocycles. The van der Waals surface area contributed by atoms with Gasteiger partial charge in [-0.05, 0) is 11.8 Å². The minimum Gasteiger partial charge on any atom is -0.481 e. The van der Waals surface area contributed by atoms with Crippen molar-refractivity contribution in [2.75, 3.05) is 12.8 Å². The highest BCUT2D eigenvalue weighted by atomic mass is 32.2. The van der Waals surface area contributed by atoms with Crippen molar-refractivity contribution < 1.29 is 14.7 Å². The van der Waals surface area contributed by atoms with Gasteiger partial charge < -0.3 is 15.7 Å². The quantitative estimate of drug-likeness (QED) is 0.721. The van der Waals surface area contributed by atoms with E-state index in [1.54, 1.807) is 23.9 Å². The van der Waals surface area contributed by atoms with E-state index in [1.807, 2.05) is 31.4 Å². The Hall–Kier alpha value is -1.69. The number of hydrogen-bond donors (Lipinski definition) is 3. The van der Waals surface area contributed by atoms with Crippen LogP contribution >= 0.6 is 11.8 Å². The predicted octanol–water partition coefficient (Wildman–Crippen LogP) is 2.25. The van der Waals surface area contributed by atoms with Gasteiger partial charge in [0.25, 0.3) is 0 Å². The maximum Gasteiger partial charge on any atom is 0.315 e. The van der Waals surface area contributed by atoms with Crippen LogP contribution in [0.2, 0.25) is 0 Å². The second-order valence-corrected chi connectivity index (χ2v) is 5.74. The van der Waals surface area contributed by atoms with Crippen molar-refractivity contribution in [2.45, 2.75) is 24.6 Å². The summed E-state index contributed by atoms with van der Waals surface area (Å²) >= 11 is 1.66. The first kappa shape index (κ1) is 16.4. The molecule has 1 aromatic carbocycles. The summed E-state index contributed by atoms with van der Waals surface area (Å²) in [6.07, 6.45) is 1.83. The molecule has 6 heteroatoms. The van der Waals surface area contributed by atoms with Crippen molar-refractivity contribution in [1.82, 2.24) is 10.6 Å². The lowest BCUT2D eigenvalue weighted by Crippen LogP contribution is -2.40. The molecule has 0 aliphatic heterocycles. The van der Waals surface area contributed by atoms with Gasteiger partial charge in [0.1, 0.15) is 0 Å². The Morgan fingerprint density at radius 1 is 1.30 bits per heavy atom. The van der Waals surface area contributed by atoms with E-state index in [0.717, 1.165) is 5.56 Å². The van der Waals surface area contributed by atoms with E-state index in [4.69, 9.17) is 5.11 Å². The van der Waals surface area contributed by atoms with Crippen LogP contribution in [0.3, 0.4) is 0 Å². The van der Waals surface area contributed by atoms with Crippen LogP contribution in [0.4, 0.5) is 4.79 Å². The van der Waals surface area contributed by atoms with Crippen molar-refractivity contribution >= 4 is 23.8 Å². The minimum atomic E-state index is -0.948. The number of amides is 2. The first-order chi connectivity index (χ1) is 9.52. The summed E-state index contributed by atoms with van der Waals surface area (Å²) in [5, 5.41) is 14.7. The zero-order valence-corrected chi connectivity index (χ0v) is 12.4. The highest BCUT2D eigenvalue weighted by Gasteiger charge is 2.17. The van der Waals surface area contributed by atoms with E-state index in [9.17, 15) is 9.59 Å². The van der Waals surface area contributed by atoms with Gasteiger partial charge in [-0.25, -0.2) is 4.79 Å². The Labute approximate surface area is 123 Å². The first-order valence-corrected chi connectivity index (χ1v) is 7.65. The first-order valence-electron chi connectivity index (χ1n) is 6.36. The summed E-state index contributed by atoms with van der Waals surface area (Å²) in [5.41, 5.74) is 0.781. The van der Waals surface area contributed by atoms with Gasteiger partial charge in [-0.15, -0.1) is 0 Å². The maximum atomic E-state index is 11.8. The molecule has 0 aliphatic carbocycles. The summed E-state index contributed by atoms with van der Waals surface area (Å²) in [6, 6.07) is 8.22. The topological polar surface area (TPSA) is 78.4 Å². The van der Waals surface area contributed by atoms with Crippen molar-refractivity contribution in [3.05, 3.63) is 35.9 Å². The van der Waals surface area contributed by atoms with E-state index in [0.29, 0.717) is 11.8 Å². The van der Waals surface area contributed by atoms with Gasteiger partial charge in [0.15, 0.2) is 0 Å². The second-order valence-electron chi connectivity index (χ2n) is 4.46. The standard InChI is InChI=1S/C14H20N2O3S/c1-10(20-2)9-15-14(19)16-12(8-13(17)18)11-6-4-3-5-7-11/h3-7,10,12H,8-9H2,1-2H3,(H,17,18)(H2,15,16,19). The Balaban J connectivity index is 2.61. The second kappa shape index (κ2) is 8.47. The average Bonchev–Trinajstić information content (AvgIpc) is 2.44. The number of carbonyl (C=O) groups excluding carboxylic acids is 1. The van der Waals surface area contributed by atoms with Gasteiger partial charge in [-0.2, -0.15) is 11.8 Å². The molecular formula is C14H20N2O3S. The number of carboxylic acid groups (broad SMARTS) is 1. The third-order valence-electron chi connectivity index (χ3n) is 2.84. The van der Waals surface area contributed by atoms with Gasteiger partial charge >= 0.3 is 12.0 Å². The number of aliphatic carboxylic acids is 1. The lowest BCUT2D eigenvalue weighted by atomic mass is 10.0. The Morgan fingerprint density at radius 2 is 1.95 bits per heavy atom. The van der Waals surface area contributed by atoms with E-state index in [2.05, 4.69) is 10.6 Å². The molecule has 5 nitrogen and oxygen atoms in total. The molecule has 0 radical (unpaired) electrons. The number of thioether (sulfide) groups is 1. The summed E-state index contributed by atoms with van der Waals surface area (Å²) in [5.74, 6) is -0.948. The molecule has 110 valence electrons. The molecule has 0 aromatic heterocycles. The van der Waals surface area contributed by atoms with Crippen LogP contribution in [0.25, 0.3) is 0 Å². The molecule has 0 spiro atoms. The summed E-state index contributed by atoms with van der Waals surface area (Å²) < 4.78 is 0. The number of hydrogen-bond acceptors (Lipinski definition) is 3. The van der Waals surface area contributed by atoms with Crippen molar-refractivity contribution in [1.29, 1.82) is 0 Å². The highest BCUT2D eigenvalue weighted by molar-refractivity contribution is 7.99. The summed E-state index contributed by atoms with van der Waals surface area (Å²) in [7, 11) is 0. The number of urea groups is 1. The molecule has 0 bridgehead atoms. The molecule has 2 unspecified atom stereocenters. The van der Waals surface area contributed by atoms with Crippen LogP contribution in [0.1, 0.15) is 24.9 Å². The fourth-order valence-corrected chi connectivity index (χ4v) is 1.89. The summed E-state index contributed by atoms with van der Waals surface area (Å²) in [4.78, 5) is 22.7. The fraction of sp³-hybridized carbons (Fsp3) is 0.429. The normalized spacial score (nSPS) is 13.3. The van der Waals surface area contributed by atoms with E-state index in [1.165, 1.54) is 0 Å². The van der Waals surface area contributed by atoms with E-state index in [-0.39, 0.29) is 12.5 Å². The molecule has 1 aromatic rings. The molecule has 20 heavy (non-hydrogen) atoms. The molecule has 0 heterocycles. The Kier molecular flexibility index (Phi) is 6.93. The number of benzene rings is 1. The van der Waals surface area contributed by atoms with Crippen LogP contribution in [-0.2, 0) is 4.79 Å². The molecule has 0 aliphatic rings. The van der Waals surface area contributed by atoms with Gasteiger partial charge in [-0.3, -0.25) is 4.79 Å². The average molecular weight is 296 g/mol. The Bertz CT molecular complexity index is 439. The van der Waals surface area contributed by atoms with Crippen molar-refractivity contribution in [3.63, 3.8) is 0 Å². The predicted molar refractivity (Wildman–Crippen MR) is 80.9 cm³/mol. The van der Waals surface area contributed by atoms with Gasteiger partial charge in [0.2, 0.25) is 0 Å². The molecular weight excluding hydrogens is 276 g/mol. The van der Waals surface area contributed by atoms with E-state index < -0.39 is 12.0 Å². The lowest BCUT2D eigenvalue weighted by Gasteiger charge is -2.18. The maximum absolute atomic E-state index is 11.8. The monoisotopic (exact) mass is 296 g/mol. The van der Waals surface area contributed by atoms with E-state index >= 15 is 0 Å². The van der Waals surface area contributed by atoms with Gasteiger partial charge in [-0.1, -0.05) is 37.3 Å². The third kappa shape index (κ3) is 5.97. The van der Waals surface area contributed by atoms with Crippen LogP contribution < -0.4 is 10.6 Å². The van der Waals surface area contributed by atoms with Crippen molar-refractivity contribution in [2.24, 2.45) is 0 Å². The number of nitrogens with one attached hydrogen (secondary N) is 2. The molecule has 0 fully saturated rings. The van der Waals surface area contributed by atoms with Crippen LogP contribution in [0, 0.1) is 0 Å². The van der Waals surface area contributed by atoms with Crippen molar-refractivity contribution in [3.8, 4) is 0 Å². The Morgan fingerprint density at radius 3 is 2.50 bits per heavy atom. The molecule has 2 atom stereocenters. The number of carbonyl (C=O) groups is 2. The number of rotatable bonds is 7. The third-order valence-corrected chi connectivity index (χ3v) is 3.81. The fourth-order valence-electron chi connectivity index (χ4n) is 1.64. The highest BCUT2D eigenvalue weighted by Crippen LogP contribution is 2.16. The smallest absolute Gasteiger partial charge is 0.315 e. The van der Waals surface area contributed by atoms with Gasteiger partial charge in [0.05, 0.1) is 12.5 Å². The molecule has 3 N–H and O–H groups in total. The molecule has 1 rings (SSSR count). The zero-order valence-electron chi connectivity index (χ0n) is 11.6. The largest absolute Gasteiger partial charge is 0.481 e. The SMILES string of the molecule is CSC(C)CNC(=O)NC(CC(=O)O)c1ccccc1. The van der Waals surface area contributed by atoms with Crippen LogP contribution in [0.15, 0.2) is 30.3 Å². The number of carboxylic acids is 1. The van der Waals surface area contributed by atoms with Gasteiger partial charge in [0, 0.05) is 11.8 Å².